The number of carbonyl (C=O) groups is 2. The number of benzene rings is 3. The topological polar surface area (TPSA) is 74.3 Å². The van der Waals surface area contributed by atoms with Crippen molar-refractivity contribution in [1.29, 1.82) is 0 Å². The number of carbonyl (C=O) groups excluding carboxylic acids is 2. The minimum absolute atomic E-state index is 0.0931. The molecule has 0 aromatic heterocycles. The van der Waals surface area contributed by atoms with Crippen LogP contribution in [0.1, 0.15) is 23.1 Å². The fourth-order valence-electron chi connectivity index (χ4n) is 3.69. The van der Waals surface area contributed by atoms with E-state index in [1.807, 2.05) is 55.6 Å². The van der Waals surface area contributed by atoms with Gasteiger partial charge in [0.25, 0.3) is 0 Å². The maximum atomic E-state index is 12.6. The average molecular weight is 506 g/mol. The van der Waals surface area contributed by atoms with Gasteiger partial charge in [0.2, 0.25) is 5.91 Å². The number of ether oxygens (including phenoxy) is 4. The van der Waals surface area contributed by atoms with Crippen LogP contribution in [0.3, 0.4) is 0 Å². The maximum absolute atomic E-state index is 12.6. The van der Waals surface area contributed by atoms with Gasteiger partial charge < -0.3 is 23.8 Å². The van der Waals surface area contributed by atoms with Crippen LogP contribution in [0.5, 0.6) is 17.2 Å². The van der Waals surface area contributed by atoms with Crippen molar-refractivity contribution in [1.82, 2.24) is 4.90 Å². The van der Waals surface area contributed by atoms with Gasteiger partial charge in [-0.1, -0.05) is 48.5 Å². The molecule has 3 aromatic carbocycles. The van der Waals surface area contributed by atoms with E-state index in [-0.39, 0.29) is 18.3 Å². The summed E-state index contributed by atoms with van der Waals surface area (Å²) in [4.78, 5) is 25.8. The first kappa shape index (κ1) is 27.6. The molecular formula is C30H35NO6. The van der Waals surface area contributed by atoms with E-state index < -0.39 is 0 Å². The minimum Gasteiger partial charge on any atom is -0.493 e. The third-order valence-electron chi connectivity index (χ3n) is 5.90. The fourth-order valence-corrected chi connectivity index (χ4v) is 3.69. The Hall–Kier alpha value is -4.00. The molecule has 7 heteroatoms. The second-order valence-electron chi connectivity index (χ2n) is 8.66. The number of likely N-dealkylation sites (N-methyl/N-ethyl adjacent to an activating group) is 1. The Bertz CT molecular complexity index is 1130. The first-order valence-electron chi connectivity index (χ1n) is 12.3. The van der Waals surface area contributed by atoms with Crippen LogP contribution in [0.15, 0.2) is 72.8 Å². The second kappa shape index (κ2) is 14.5. The van der Waals surface area contributed by atoms with Crippen molar-refractivity contribution in [2.24, 2.45) is 0 Å². The molecule has 0 unspecified atom stereocenters. The zero-order valence-electron chi connectivity index (χ0n) is 21.8. The Labute approximate surface area is 218 Å². The van der Waals surface area contributed by atoms with Gasteiger partial charge in [-0.25, -0.2) is 0 Å². The average Bonchev–Trinajstić information content (AvgIpc) is 2.93. The van der Waals surface area contributed by atoms with E-state index in [9.17, 15) is 9.59 Å². The van der Waals surface area contributed by atoms with Gasteiger partial charge in [-0.15, -0.1) is 0 Å². The zero-order chi connectivity index (χ0) is 26.5. The zero-order valence-corrected chi connectivity index (χ0v) is 21.8. The molecule has 0 aliphatic carbocycles. The lowest BCUT2D eigenvalue weighted by Gasteiger charge is -2.17. The maximum Gasteiger partial charge on any atom is 0.309 e. The van der Waals surface area contributed by atoms with Crippen LogP contribution < -0.4 is 14.2 Å². The van der Waals surface area contributed by atoms with Gasteiger partial charge in [-0.05, 0) is 47.4 Å². The van der Waals surface area contributed by atoms with Crippen LogP contribution in [0.2, 0.25) is 0 Å². The van der Waals surface area contributed by atoms with Crippen molar-refractivity contribution in [2.75, 3.05) is 41.0 Å². The number of hydrogen-bond acceptors (Lipinski definition) is 6. The van der Waals surface area contributed by atoms with Crippen LogP contribution in [0.4, 0.5) is 0 Å². The van der Waals surface area contributed by atoms with Crippen molar-refractivity contribution in [3.63, 3.8) is 0 Å². The molecule has 3 aromatic rings. The molecule has 0 fully saturated rings. The molecule has 1 amide bonds. The Morgan fingerprint density at radius 2 is 1.46 bits per heavy atom. The summed E-state index contributed by atoms with van der Waals surface area (Å²) >= 11 is 0. The van der Waals surface area contributed by atoms with Crippen LogP contribution in [0, 0.1) is 0 Å². The van der Waals surface area contributed by atoms with Crippen molar-refractivity contribution < 1.29 is 28.5 Å². The first-order valence-corrected chi connectivity index (χ1v) is 12.3. The molecule has 3 rings (SSSR count). The van der Waals surface area contributed by atoms with Gasteiger partial charge in [0, 0.05) is 20.0 Å². The SMILES string of the molecule is COC(=O)Cc1ccc(OCCCOc2ccc(CC(=O)N(C)CCc3ccccc3)cc2)c(OC)c1. The number of rotatable bonds is 14. The van der Waals surface area contributed by atoms with E-state index in [0.717, 1.165) is 23.3 Å². The van der Waals surface area contributed by atoms with Gasteiger partial charge in [-0.3, -0.25) is 9.59 Å². The van der Waals surface area contributed by atoms with E-state index in [1.54, 1.807) is 24.1 Å². The number of hydrogen-bond donors (Lipinski definition) is 0. The third-order valence-corrected chi connectivity index (χ3v) is 5.90. The van der Waals surface area contributed by atoms with Crippen molar-refractivity contribution in [2.45, 2.75) is 25.7 Å². The summed E-state index contributed by atoms with van der Waals surface area (Å²) in [5.41, 5.74) is 2.97. The normalized spacial score (nSPS) is 10.5. The summed E-state index contributed by atoms with van der Waals surface area (Å²) in [5, 5.41) is 0. The summed E-state index contributed by atoms with van der Waals surface area (Å²) < 4.78 is 21.7. The first-order chi connectivity index (χ1) is 18.0. The molecule has 0 N–H and O–H groups in total. The molecule has 37 heavy (non-hydrogen) atoms. The third kappa shape index (κ3) is 9.18. The molecule has 0 saturated carbocycles. The molecule has 0 saturated heterocycles. The Morgan fingerprint density at radius 3 is 2.16 bits per heavy atom. The van der Waals surface area contributed by atoms with Crippen LogP contribution in [0.25, 0.3) is 0 Å². The lowest BCUT2D eigenvalue weighted by Crippen LogP contribution is -2.30. The van der Waals surface area contributed by atoms with Crippen molar-refractivity contribution >= 4 is 11.9 Å². The molecule has 7 nitrogen and oxygen atoms in total. The molecule has 0 spiro atoms. The fraction of sp³-hybridized carbons (Fsp3) is 0.333. The highest BCUT2D eigenvalue weighted by Gasteiger charge is 2.11. The molecule has 0 bridgehead atoms. The molecule has 0 heterocycles. The summed E-state index contributed by atoms with van der Waals surface area (Å²) in [5.74, 6) is 1.71. The molecule has 0 radical (unpaired) electrons. The summed E-state index contributed by atoms with van der Waals surface area (Å²) in [6, 6.07) is 23.2. The van der Waals surface area contributed by atoms with Gasteiger partial charge >= 0.3 is 5.97 Å². The summed E-state index contributed by atoms with van der Waals surface area (Å²) in [6.45, 7) is 1.63. The standard InChI is InChI=1S/C30H35NO6/c1-31(17-16-23-8-5-4-6-9-23)29(32)21-24-10-13-26(14-11-24)36-18-7-19-37-27-15-12-25(20-28(27)34-2)22-30(33)35-3/h4-6,8-15,20H,7,16-19,21-22H2,1-3H3. The van der Waals surface area contributed by atoms with Crippen molar-refractivity contribution in [3.05, 3.63) is 89.5 Å². The number of amides is 1. The van der Waals surface area contributed by atoms with Gasteiger partial charge in [-0.2, -0.15) is 0 Å². The van der Waals surface area contributed by atoms with Gasteiger partial charge in [0.15, 0.2) is 11.5 Å². The van der Waals surface area contributed by atoms with E-state index >= 15 is 0 Å². The molecule has 0 aliphatic heterocycles. The molecule has 0 atom stereocenters. The van der Waals surface area contributed by atoms with Crippen molar-refractivity contribution in [3.8, 4) is 17.2 Å². The molecular weight excluding hydrogens is 470 g/mol. The predicted molar refractivity (Wildman–Crippen MR) is 142 cm³/mol. The highest BCUT2D eigenvalue weighted by molar-refractivity contribution is 5.78. The van der Waals surface area contributed by atoms with Crippen LogP contribution >= 0.6 is 0 Å². The second-order valence-corrected chi connectivity index (χ2v) is 8.66. The summed E-state index contributed by atoms with van der Waals surface area (Å²) in [6.07, 6.45) is 2.06. The predicted octanol–water partition coefficient (Wildman–Crippen LogP) is 4.50. The van der Waals surface area contributed by atoms with Crippen LogP contribution in [-0.2, 0) is 33.6 Å². The van der Waals surface area contributed by atoms with E-state index in [4.69, 9.17) is 18.9 Å². The number of nitrogens with zero attached hydrogens (tertiary/aromatic N) is 1. The quantitative estimate of drug-likeness (QED) is 0.237. The van der Waals surface area contributed by atoms with Crippen LogP contribution in [-0.4, -0.2) is 57.8 Å². The summed E-state index contributed by atoms with van der Waals surface area (Å²) in [7, 11) is 4.77. The van der Waals surface area contributed by atoms with Gasteiger partial charge in [0.1, 0.15) is 5.75 Å². The van der Waals surface area contributed by atoms with E-state index in [0.29, 0.717) is 44.1 Å². The number of methoxy groups -OCH3 is 2. The molecule has 0 aliphatic rings. The highest BCUT2D eigenvalue weighted by atomic mass is 16.5. The highest BCUT2D eigenvalue weighted by Crippen LogP contribution is 2.28. The lowest BCUT2D eigenvalue weighted by atomic mass is 10.1. The minimum atomic E-state index is -0.307. The monoisotopic (exact) mass is 505 g/mol. The lowest BCUT2D eigenvalue weighted by molar-refractivity contribution is -0.139. The van der Waals surface area contributed by atoms with E-state index in [1.165, 1.54) is 12.7 Å². The van der Waals surface area contributed by atoms with E-state index in [2.05, 4.69) is 12.1 Å². The Kier molecular flexibility index (Phi) is 10.8. The number of esters is 1. The smallest absolute Gasteiger partial charge is 0.309 e. The molecule has 196 valence electrons. The largest absolute Gasteiger partial charge is 0.493 e. The Morgan fingerprint density at radius 1 is 0.757 bits per heavy atom. The van der Waals surface area contributed by atoms with Gasteiger partial charge in [0.05, 0.1) is 40.3 Å². The Balaban J connectivity index is 1.37.